The summed E-state index contributed by atoms with van der Waals surface area (Å²) in [6.07, 6.45) is 5.22. The number of anilines is 2. The number of rotatable bonds is 4. The number of nitrogens with two attached hydrogens (primary N) is 1. The number of ether oxygens (including phenoxy) is 1. The lowest BCUT2D eigenvalue weighted by Gasteiger charge is -2.37. The van der Waals surface area contributed by atoms with Crippen LogP contribution in [0, 0.1) is 5.92 Å². The Labute approximate surface area is 116 Å². The van der Waals surface area contributed by atoms with Crippen LogP contribution >= 0.6 is 0 Å². The van der Waals surface area contributed by atoms with Crippen LogP contribution in [0.15, 0.2) is 12.1 Å². The molecule has 1 fully saturated rings. The maximum Gasteiger partial charge on any atom is 0.239 e. The van der Waals surface area contributed by atoms with Crippen molar-refractivity contribution < 1.29 is 4.74 Å². The largest absolute Gasteiger partial charge is 0.476 e. The molecule has 2 rings (SSSR count). The van der Waals surface area contributed by atoms with Crippen molar-refractivity contribution in [2.45, 2.75) is 45.6 Å². The molecule has 2 atom stereocenters. The fourth-order valence-corrected chi connectivity index (χ4v) is 2.93. The Morgan fingerprint density at radius 3 is 2.79 bits per heavy atom. The molecule has 0 radical (unpaired) electrons. The number of hydrogen-bond acceptors (Lipinski definition) is 4. The normalized spacial score (nSPS) is 23.1. The van der Waals surface area contributed by atoms with E-state index in [-0.39, 0.29) is 0 Å². The van der Waals surface area contributed by atoms with Crippen molar-refractivity contribution in [1.29, 1.82) is 0 Å². The van der Waals surface area contributed by atoms with Crippen LogP contribution in [-0.4, -0.2) is 24.7 Å². The summed E-state index contributed by atoms with van der Waals surface area (Å²) < 4.78 is 5.48. The quantitative estimate of drug-likeness (QED) is 0.907. The molecule has 1 aromatic heterocycles. The first-order valence-electron chi connectivity index (χ1n) is 7.25. The predicted molar refractivity (Wildman–Crippen MR) is 79.6 cm³/mol. The van der Waals surface area contributed by atoms with Crippen LogP contribution in [0.4, 0.5) is 11.5 Å². The second kappa shape index (κ2) is 6.13. The molecule has 2 unspecified atom stereocenters. The van der Waals surface area contributed by atoms with Gasteiger partial charge in [0.15, 0.2) is 0 Å². The third kappa shape index (κ3) is 3.11. The lowest BCUT2D eigenvalue weighted by molar-refractivity contribution is 0.315. The predicted octanol–water partition coefficient (Wildman–Crippen LogP) is 3.08. The molecule has 0 amide bonds. The van der Waals surface area contributed by atoms with Crippen molar-refractivity contribution in [2.75, 3.05) is 24.3 Å². The molecule has 0 aliphatic heterocycles. The minimum Gasteiger partial charge on any atom is -0.476 e. The summed E-state index contributed by atoms with van der Waals surface area (Å²) in [6, 6.07) is 4.44. The van der Waals surface area contributed by atoms with E-state index in [1.807, 2.05) is 19.1 Å². The molecule has 0 bridgehead atoms. The minimum absolute atomic E-state index is 0.551. The molecule has 1 aliphatic rings. The van der Waals surface area contributed by atoms with E-state index in [1.165, 1.54) is 25.7 Å². The Hall–Kier alpha value is -1.45. The Morgan fingerprint density at radius 2 is 2.11 bits per heavy atom. The van der Waals surface area contributed by atoms with Gasteiger partial charge in [0.05, 0.1) is 12.3 Å². The molecule has 1 aliphatic carbocycles. The van der Waals surface area contributed by atoms with Crippen molar-refractivity contribution >= 4 is 11.5 Å². The van der Waals surface area contributed by atoms with Crippen LogP contribution in [0.2, 0.25) is 0 Å². The van der Waals surface area contributed by atoms with Crippen LogP contribution in [0.1, 0.15) is 39.5 Å². The van der Waals surface area contributed by atoms with Gasteiger partial charge in [-0.15, -0.1) is 0 Å². The summed E-state index contributed by atoms with van der Waals surface area (Å²) in [4.78, 5) is 6.83. The number of hydrogen-bond donors (Lipinski definition) is 1. The number of pyridine rings is 1. The van der Waals surface area contributed by atoms with Crippen molar-refractivity contribution in [3.63, 3.8) is 0 Å². The monoisotopic (exact) mass is 263 g/mol. The highest BCUT2D eigenvalue weighted by Crippen LogP contribution is 2.31. The zero-order valence-electron chi connectivity index (χ0n) is 12.2. The molecule has 0 aromatic carbocycles. The average Bonchev–Trinajstić information content (AvgIpc) is 2.41. The summed E-state index contributed by atoms with van der Waals surface area (Å²) in [7, 11) is 2.13. The lowest BCUT2D eigenvalue weighted by Crippen LogP contribution is -2.39. The molecule has 1 saturated carbocycles. The third-order valence-corrected chi connectivity index (χ3v) is 4.08. The van der Waals surface area contributed by atoms with E-state index in [1.54, 1.807) is 0 Å². The van der Waals surface area contributed by atoms with E-state index >= 15 is 0 Å². The molecule has 106 valence electrons. The summed E-state index contributed by atoms with van der Waals surface area (Å²) in [6.45, 7) is 4.87. The molecule has 1 aromatic rings. The standard InChI is InChI=1S/C15H25N3O/c1-4-19-15-12(16)9-10-14(17-15)18(3)13-8-6-5-7-11(13)2/h9-11,13H,4-8,16H2,1-3H3. The van der Waals surface area contributed by atoms with E-state index in [0.717, 1.165) is 5.82 Å². The second-order valence-electron chi connectivity index (χ2n) is 5.44. The highest BCUT2D eigenvalue weighted by molar-refractivity contribution is 5.54. The van der Waals surface area contributed by atoms with Crippen LogP contribution in [-0.2, 0) is 0 Å². The number of nitrogens with zero attached hydrogens (tertiary/aromatic N) is 2. The average molecular weight is 263 g/mol. The first-order valence-corrected chi connectivity index (χ1v) is 7.25. The van der Waals surface area contributed by atoms with E-state index in [2.05, 4.69) is 23.9 Å². The van der Waals surface area contributed by atoms with Gasteiger partial charge in [0.1, 0.15) is 5.82 Å². The van der Waals surface area contributed by atoms with Crippen molar-refractivity contribution in [1.82, 2.24) is 4.98 Å². The third-order valence-electron chi connectivity index (χ3n) is 4.08. The van der Waals surface area contributed by atoms with E-state index in [9.17, 15) is 0 Å². The van der Waals surface area contributed by atoms with Crippen LogP contribution in [0.3, 0.4) is 0 Å². The maximum absolute atomic E-state index is 5.88. The Kier molecular flexibility index (Phi) is 4.51. The highest BCUT2D eigenvalue weighted by atomic mass is 16.5. The van der Waals surface area contributed by atoms with Gasteiger partial charge >= 0.3 is 0 Å². The van der Waals surface area contributed by atoms with Gasteiger partial charge in [-0.05, 0) is 37.8 Å². The molecule has 4 nitrogen and oxygen atoms in total. The van der Waals surface area contributed by atoms with Gasteiger partial charge in [-0.2, -0.15) is 4.98 Å². The SMILES string of the molecule is CCOc1nc(N(C)C2CCCCC2C)ccc1N. The molecule has 0 saturated heterocycles. The molecule has 2 N–H and O–H groups in total. The first-order chi connectivity index (χ1) is 9.13. The van der Waals surface area contributed by atoms with Gasteiger partial charge in [0.25, 0.3) is 0 Å². The van der Waals surface area contributed by atoms with Gasteiger partial charge in [-0.3, -0.25) is 0 Å². The van der Waals surface area contributed by atoms with Crippen molar-refractivity contribution in [2.24, 2.45) is 5.92 Å². The topological polar surface area (TPSA) is 51.4 Å². The number of nitrogen functional groups attached to an aromatic ring is 1. The Balaban J connectivity index is 2.18. The highest BCUT2D eigenvalue weighted by Gasteiger charge is 2.26. The fraction of sp³-hybridized carbons (Fsp3) is 0.667. The van der Waals surface area contributed by atoms with E-state index in [0.29, 0.717) is 30.1 Å². The molecular formula is C15H25N3O. The number of aromatic nitrogens is 1. The van der Waals surface area contributed by atoms with Gasteiger partial charge in [-0.1, -0.05) is 19.8 Å². The first kappa shape index (κ1) is 14.0. The Morgan fingerprint density at radius 1 is 1.37 bits per heavy atom. The van der Waals surface area contributed by atoms with E-state index < -0.39 is 0 Å². The van der Waals surface area contributed by atoms with Crippen LogP contribution in [0.25, 0.3) is 0 Å². The summed E-state index contributed by atoms with van der Waals surface area (Å²) in [5.41, 5.74) is 6.48. The molecule has 0 spiro atoms. The summed E-state index contributed by atoms with van der Waals surface area (Å²) in [5, 5.41) is 0. The van der Waals surface area contributed by atoms with Crippen LogP contribution in [0.5, 0.6) is 5.88 Å². The summed E-state index contributed by atoms with van der Waals surface area (Å²) >= 11 is 0. The smallest absolute Gasteiger partial charge is 0.239 e. The van der Waals surface area contributed by atoms with E-state index in [4.69, 9.17) is 10.5 Å². The van der Waals surface area contributed by atoms with Gasteiger partial charge in [0.2, 0.25) is 5.88 Å². The van der Waals surface area contributed by atoms with Crippen molar-refractivity contribution in [3.8, 4) is 5.88 Å². The van der Waals surface area contributed by atoms with Crippen molar-refractivity contribution in [3.05, 3.63) is 12.1 Å². The van der Waals surface area contributed by atoms with Crippen LogP contribution < -0.4 is 15.4 Å². The molecule has 4 heteroatoms. The van der Waals surface area contributed by atoms with Gasteiger partial charge in [-0.25, -0.2) is 0 Å². The zero-order chi connectivity index (χ0) is 13.8. The molecule has 19 heavy (non-hydrogen) atoms. The van der Waals surface area contributed by atoms with Gasteiger partial charge in [0, 0.05) is 13.1 Å². The van der Waals surface area contributed by atoms with Gasteiger partial charge < -0.3 is 15.4 Å². The lowest BCUT2D eigenvalue weighted by atomic mass is 9.85. The molecular weight excluding hydrogens is 238 g/mol. The fourth-order valence-electron chi connectivity index (χ4n) is 2.93. The minimum atomic E-state index is 0.551. The molecule has 1 heterocycles. The Bertz CT molecular complexity index is 422. The maximum atomic E-state index is 5.88. The second-order valence-corrected chi connectivity index (χ2v) is 5.44. The summed E-state index contributed by atoms with van der Waals surface area (Å²) in [5.74, 6) is 2.22. The zero-order valence-corrected chi connectivity index (χ0v) is 12.2.